The second kappa shape index (κ2) is 17.6. The summed E-state index contributed by atoms with van der Waals surface area (Å²) in [5.74, 6) is 0.261. The Morgan fingerprint density at radius 3 is 1.89 bits per heavy atom. The molecule has 0 aliphatic carbocycles. The number of benzene rings is 4. The zero-order valence-electron chi connectivity index (χ0n) is 25.7. The van der Waals surface area contributed by atoms with Gasteiger partial charge in [0.2, 0.25) is 0 Å². The molecule has 0 heterocycles. The largest absolute Gasteiger partial charge is 0.494 e. The maximum Gasteiger partial charge on any atom is 0.343 e. The van der Waals surface area contributed by atoms with Crippen LogP contribution in [0.15, 0.2) is 103 Å². The molecule has 0 bridgehead atoms. The number of carbonyl (C=O) groups excluding carboxylic acids is 2. The van der Waals surface area contributed by atoms with Gasteiger partial charge < -0.3 is 18.9 Å². The van der Waals surface area contributed by atoms with Crippen LogP contribution in [0, 0.1) is 0 Å². The summed E-state index contributed by atoms with van der Waals surface area (Å²) >= 11 is 0. The van der Waals surface area contributed by atoms with Crippen molar-refractivity contribution in [1.29, 1.82) is 0 Å². The summed E-state index contributed by atoms with van der Waals surface area (Å²) in [6.07, 6.45) is 7.18. The molecule has 4 aromatic rings. The third-order valence-corrected chi connectivity index (χ3v) is 7.20. The first-order valence-electron chi connectivity index (χ1n) is 15.5. The Morgan fingerprint density at radius 1 is 0.636 bits per heavy atom. The van der Waals surface area contributed by atoms with Crippen LogP contribution in [0.25, 0.3) is 11.1 Å². The first kappa shape index (κ1) is 32.5. The number of carbonyl (C=O) groups is 2. The van der Waals surface area contributed by atoms with Crippen LogP contribution in [0.3, 0.4) is 0 Å². The molecule has 4 rings (SSSR count). The summed E-state index contributed by atoms with van der Waals surface area (Å²) in [7, 11) is 0. The number of rotatable bonds is 17. The zero-order chi connectivity index (χ0) is 31.0. The normalized spacial score (nSPS) is 11.5. The van der Waals surface area contributed by atoms with E-state index in [1.165, 1.54) is 32.1 Å². The quantitative estimate of drug-likeness (QED) is 0.0690. The third-order valence-electron chi connectivity index (χ3n) is 7.20. The lowest BCUT2D eigenvalue weighted by molar-refractivity contribution is -0.00690. The van der Waals surface area contributed by atoms with Gasteiger partial charge in [-0.15, -0.1) is 0 Å². The maximum atomic E-state index is 12.7. The molecule has 0 spiro atoms. The summed E-state index contributed by atoms with van der Waals surface area (Å²) in [6, 6.07) is 31.4. The van der Waals surface area contributed by atoms with Gasteiger partial charge in [0.25, 0.3) is 0 Å². The molecule has 0 saturated heterocycles. The molecule has 0 aliphatic heterocycles. The second-order valence-electron chi connectivity index (χ2n) is 10.8. The van der Waals surface area contributed by atoms with Crippen LogP contribution in [0.4, 0.5) is 0 Å². The molecule has 0 fully saturated rings. The van der Waals surface area contributed by atoms with Crippen molar-refractivity contribution in [3.05, 3.63) is 120 Å². The molecule has 0 N–H and O–H groups in total. The van der Waals surface area contributed by atoms with Gasteiger partial charge in [-0.05, 0) is 78.6 Å². The Bertz CT molecular complexity index is 1410. The molecule has 0 amide bonds. The van der Waals surface area contributed by atoms with Crippen LogP contribution >= 0.6 is 0 Å². The van der Waals surface area contributed by atoms with Crippen LogP contribution in [0.5, 0.6) is 11.5 Å². The Hall–Kier alpha value is -4.42. The van der Waals surface area contributed by atoms with Crippen LogP contribution < -0.4 is 9.47 Å². The highest BCUT2D eigenvalue weighted by Crippen LogP contribution is 2.24. The van der Waals surface area contributed by atoms with E-state index in [-0.39, 0.29) is 12.7 Å². The van der Waals surface area contributed by atoms with Crippen molar-refractivity contribution in [1.82, 2.24) is 0 Å². The number of ether oxygens (including phenoxy) is 4. The SMILES string of the molecule is CCCCCCCCOc1ccc(-c2ccc(C(=O)Oc3ccc(C(=O)OC[C@H](C)OCc4ccccc4)cc3)cc2)cc1. The predicted molar refractivity (Wildman–Crippen MR) is 173 cm³/mol. The summed E-state index contributed by atoms with van der Waals surface area (Å²) < 4.78 is 22.5. The molecule has 6 heteroatoms. The Balaban J connectivity index is 1.19. The van der Waals surface area contributed by atoms with Crippen molar-refractivity contribution in [3.63, 3.8) is 0 Å². The average Bonchev–Trinajstić information content (AvgIpc) is 3.07. The Morgan fingerprint density at radius 2 is 1.20 bits per heavy atom. The smallest absolute Gasteiger partial charge is 0.343 e. The third kappa shape index (κ3) is 10.7. The van der Waals surface area contributed by atoms with E-state index in [1.54, 1.807) is 36.4 Å². The minimum Gasteiger partial charge on any atom is -0.494 e. The molecular weight excluding hydrogens is 552 g/mol. The first-order valence-corrected chi connectivity index (χ1v) is 15.5. The molecule has 6 nitrogen and oxygen atoms in total. The van der Waals surface area contributed by atoms with E-state index in [9.17, 15) is 9.59 Å². The van der Waals surface area contributed by atoms with Crippen LogP contribution in [-0.4, -0.2) is 31.3 Å². The highest BCUT2D eigenvalue weighted by molar-refractivity contribution is 5.92. The topological polar surface area (TPSA) is 71.1 Å². The molecular formula is C38H42O6. The fourth-order valence-electron chi connectivity index (χ4n) is 4.58. The van der Waals surface area contributed by atoms with E-state index in [4.69, 9.17) is 18.9 Å². The molecule has 0 aliphatic rings. The van der Waals surface area contributed by atoms with Gasteiger partial charge in [-0.2, -0.15) is 0 Å². The minimum atomic E-state index is -0.477. The van der Waals surface area contributed by atoms with Crippen LogP contribution in [0.2, 0.25) is 0 Å². The monoisotopic (exact) mass is 594 g/mol. The highest BCUT2D eigenvalue weighted by atomic mass is 16.6. The van der Waals surface area contributed by atoms with Crippen molar-refractivity contribution in [2.75, 3.05) is 13.2 Å². The van der Waals surface area contributed by atoms with Crippen molar-refractivity contribution in [2.45, 2.75) is 65.1 Å². The Labute approximate surface area is 260 Å². The minimum absolute atomic E-state index is 0.134. The van der Waals surface area contributed by atoms with E-state index in [0.29, 0.717) is 23.5 Å². The molecule has 0 radical (unpaired) electrons. The molecule has 1 atom stereocenters. The standard InChI is InChI=1S/C38H42O6/c1-3-4-5-6-7-11-26-41-35-22-18-32(19-23-35)31-14-16-34(17-15-31)38(40)44-36-24-20-33(21-25-36)37(39)43-27-29(2)42-28-30-12-9-8-10-13-30/h8-10,12-25,29H,3-7,11,26-28H2,1-2H3/t29-/m0/s1. The van der Waals surface area contributed by atoms with Gasteiger partial charge in [0.05, 0.1) is 30.4 Å². The van der Waals surface area contributed by atoms with Gasteiger partial charge in [0.15, 0.2) is 0 Å². The summed E-state index contributed by atoms with van der Waals surface area (Å²) in [4.78, 5) is 25.2. The summed E-state index contributed by atoms with van der Waals surface area (Å²) in [5.41, 5.74) is 3.88. The lowest BCUT2D eigenvalue weighted by Crippen LogP contribution is -2.19. The molecule has 230 valence electrons. The average molecular weight is 595 g/mol. The predicted octanol–water partition coefficient (Wildman–Crippen LogP) is 9.07. The Kier molecular flexibility index (Phi) is 13.0. The first-order chi connectivity index (χ1) is 21.5. The van der Waals surface area contributed by atoms with Crippen molar-refractivity contribution >= 4 is 11.9 Å². The molecule has 4 aromatic carbocycles. The highest BCUT2D eigenvalue weighted by Gasteiger charge is 2.13. The van der Waals surface area contributed by atoms with Gasteiger partial charge in [0, 0.05) is 0 Å². The molecule has 0 aromatic heterocycles. The van der Waals surface area contributed by atoms with Crippen molar-refractivity contribution in [3.8, 4) is 22.6 Å². The fourth-order valence-corrected chi connectivity index (χ4v) is 4.58. The van der Waals surface area contributed by atoms with E-state index >= 15 is 0 Å². The van der Waals surface area contributed by atoms with E-state index in [2.05, 4.69) is 6.92 Å². The zero-order valence-corrected chi connectivity index (χ0v) is 25.7. The maximum absolute atomic E-state index is 12.7. The van der Waals surface area contributed by atoms with Gasteiger partial charge in [-0.1, -0.05) is 93.6 Å². The van der Waals surface area contributed by atoms with Gasteiger partial charge in [0.1, 0.15) is 18.1 Å². The van der Waals surface area contributed by atoms with Gasteiger partial charge in [-0.25, -0.2) is 9.59 Å². The number of unbranched alkanes of at least 4 members (excludes halogenated alkanes) is 5. The lowest BCUT2D eigenvalue weighted by Gasteiger charge is -2.13. The fraction of sp³-hybridized carbons (Fsp3) is 0.316. The summed E-state index contributed by atoms with van der Waals surface area (Å²) in [6.45, 7) is 5.40. The van der Waals surface area contributed by atoms with Gasteiger partial charge in [-0.3, -0.25) is 0 Å². The van der Waals surface area contributed by atoms with E-state index in [0.717, 1.165) is 35.5 Å². The van der Waals surface area contributed by atoms with Crippen LogP contribution in [-0.2, 0) is 16.1 Å². The molecule has 0 unspecified atom stereocenters. The van der Waals surface area contributed by atoms with Crippen molar-refractivity contribution in [2.24, 2.45) is 0 Å². The van der Waals surface area contributed by atoms with E-state index in [1.807, 2.05) is 73.7 Å². The van der Waals surface area contributed by atoms with Crippen molar-refractivity contribution < 1.29 is 28.5 Å². The number of esters is 2. The van der Waals surface area contributed by atoms with E-state index < -0.39 is 11.9 Å². The lowest BCUT2D eigenvalue weighted by atomic mass is 10.0. The second-order valence-corrected chi connectivity index (χ2v) is 10.8. The number of hydrogen-bond acceptors (Lipinski definition) is 6. The van der Waals surface area contributed by atoms with Crippen LogP contribution in [0.1, 0.15) is 78.7 Å². The van der Waals surface area contributed by atoms with Gasteiger partial charge >= 0.3 is 11.9 Å². The molecule has 0 saturated carbocycles. The summed E-state index contributed by atoms with van der Waals surface area (Å²) in [5, 5.41) is 0. The molecule has 44 heavy (non-hydrogen) atoms. The number of hydrogen-bond donors (Lipinski definition) is 0.